The molecule has 1 saturated heterocycles. The number of amides is 2. The predicted molar refractivity (Wildman–Crippen MR) is 125 cm³/mol. The number of carbonyl (C=O) groups is 2. The summed E-state index contributed by atoms with van der Waals surface area (Å²) in [4.78, 5) is 34.4. The lowest BCUT2D eigenvalue weighted by Gasteiger charge is -2.34. The van der Waals surface area contributed by atoms with Gasteiger partial charge in [-0.15, -0.1) is 0 Å². The molecule has 8 heteroatoms. The number of hydrogen-bond acceptors (Lipinski definition) is 5. The van der Waals surface area contributed by atoms with Gasteiger partial charge in [0, 0.05) is 44.6 Å². The Labute approximate surface area is 188 Å². The third-order valence-electron chi connectivity index (χ3n) is 6.10. The molecule has 168 valence electrons. The van der Waals surface area contributed by atoms with E-state index < -0.39 is 0 Å². The normalized spacial score (nSPS) is 14.7. The quantitative estimate of drug-likeness (QED) is 0.683. The number of hydrogen-bond donors (Lipinski definition) is 1. The molecule has 0 spiro atoms. The van der Waals surface area contributed by atoms with Crippen molar-refractivity contribution < 1.29 is 9.59 Å². The number of nitrogens with zero attached hydrogens (tertiary/aromatic N) is 5. The molecule has 1 N–H and O–H groups in total. The maximum Gasteiger partial charge on any atom is 0.254 e. The zero-order valence-corrected chi connectivity index (χ0v) is 19.4. The molecule has 3 aromatic rings. The molecule has 0 atom stereocenters. The summed E-state index contributed by atoms with van der Waals surface area (Å²) in [6.45, 7) is 10.6. The van der Waals surface area contributed by atoms with Crippen LogP contribution in [-0.4, -0.2) is 69.1 Å². The summed E-state index contributed by atoms with van der Waals surface area (Å²) in [5, 5.41) is 8.30. The summed E-state index contributed by atoms with van der Waals surface area (Å²) in [7, 11) is 1.85. The molecular weight excluding hydrogens is 404 g/mol. The van der Waals surface area contributed by atoms with E-state index in [0.717, 1.165) is 39.2 Å². The van der Waals surface area contributed by atoms with Gasteiger partial charge in [-0.05, 0) is 44.9 Å². The number of anilines is 1. The SMILES string of the molecule is Cc1cc(C(=O)N2CCN(CC(=O)Nc3c(C)cccc3C)CC2)c2c(C)nn(C)c2n1. The van der Waals surface area contributed by atoms with Crippen LogP contribution in [0.5, 0.6) is 0 Å². The maximum absolute atomic E-state index is 13.3. The molecular formula is C24H30N6O2. The van der Waals surface area contributed by atoms with Crippen LogP contribution in [0.4, 0.5) is 5.69 Å². The molecule has 1 fully saturated rings. The van der Waals surface area contributed by atoms with Crippen molar-refractivity contribution in [2.24, 2.45) is 7.05 Å². The van der Waals surface area contributed by atoms with Crippen LogP contribution in [0.25, 0.3) is 11.0 Å². The van der Waals surface area contributed by atoms with Gasteiger partial charge in [-0.3, -0.25) is 19.2 Å². The maximum atomic E-state index is 13.3. The van der Waals surface area contributed by atoms with Crippen LogP contribution >= 0.6 is 0 Å². The Balaban J connectivity index is 1.40. The van der Waals surface area contributed by atoms with E-state index in [4.69, 9.17) is 0 Å². The molecule has 3 heterocycles. The highest BCUT2D eigenvalue weighted by Crippen LogP contribution is 2.24. The Bertz CT molecular complexity index is 1170. The molecule has 1 aliphatic rings. The van der Waals surface area contributed by atoms with Gasteiger partial charge in [-0.2, -0.15) is 5.10 Å². The minimum atomic E-state index is -0.0281. The van der Waals surface area contributed by atoms with E-state index in [2.05, 4.69) is 20.3 Å². The number of nitrogens with one attached hydrogen (secondary N) is 1. The number of benzene rings is 1. The molecule has 4 rings (SSSR count). The molecule has 1 aromatic carbocycles. The smallest absolute Gasteiger partial charge is 0.254 e. The van der Waals surface area contributed by atoms with E-state index >= 15 is 0 Å². The predicted octanol–water partition coefficient (Wildman–Crippen LogP) is 2.60. The summed E-state index contributed by atoms with van der Waals surface area (Å²) in [5.41, 5.74) is 5.98. The zero-order valence-electron chi connectivity index (χ0n) is 19.4. The van der Waals surface area contributed by atoms with Crippen molar-refractivity contribution in [3.05, 3.63) is 52.3 Å². The molecule has 2 amide bonds. The van der Waals surface area contributed by atoms with Gasteiger partial charge in [0.2, 0.25) is 5.91 Å². The van der Waals surface area contributed by atoms with E-state index in [9.17, 15) is 9.59 Å². The highest BCUT2D eigenvalue weighted by molar-refractivity contribution is 6.06. The van der Waals surface area contributed by atoms with Crippen LogP contribution in [0.3, 0.4) is 0 Å². The van der Waals surface area contributed by atoms with Gasteiger partial charge in [0.25, 0.3) is 5.91 Å². The molecule has 1 aliphatic heterocycles. The number of piperazine rings is 1. The fourth-order valence-corrected chi connectivity index (χ4v) is 4.41. The van der Waals surface area contributed by atoms with E-state index in [1.165, 1.54) is 0 Å². The number of rotatable bonds is 4. The van der Waals surface area contributed by atoms with E-state index in [1.54, 1.807) is 4.68 Å². The van der Waals surface area contributed by atoms with Gasteiger partial charge in [-0.1, -0.05) is 18.2 Å². The summed E-state index contributed by atoms with van der Waals surface area (Å²) in [5.74, 6) is -0.0316. The Morgan fingerprint density at radius 2 is 1.69 bits per heavy atom. The van der Waals surface area contributed by atoms with Gasteiger partial charge in [0.1, 0.15) is 0 Å². The summed E-state index contributed by atoms with van der Waals surface area (Å²) < 4.78 is 1.72. The number of fused-ring (bicyclic) bond motifs is 1. The summed E-state index contributed by atoms with van der Waals surface area (Å²) in [6.07, 6.45) is 0. The second kappa shape index (κ2) is 8.70. The molecule has 0 bridgehead atoms. The fraction of sp³-hybridized carbons (Fsp3) is 0.417. The van der Waals surface area contributed by atoms with E-state index in [-0.39, 0.29) is 11.8 Å². The Hall–Kier alpha value is -3.26. The van der Waals surface area contributed by atoms with Crippen molar-refractivity contribution >= 4 is 28.5 Å². The zero-order chi connectivity index (χ0) is 23.0. The summed E-state index contributed by atoms with van der Waals surface area (Å²) >= 11 is 0. The van der Waals surface area contributed by atoms with Crippen LogP contribution in [-0.2, 0) is 11.8 Å². The van der Waals surface area contributed by atoms with Crippen molar-refractivity contribution in [1.29, 1.82) is 0 Å². The molecule has 0 saturated carbocycles. The van der Waals surface area contributed by atoms with Crippen LogP contribution in [0.2, 0.25) is 0 Å². The monoisotopic (exact) mass is 434 g/mol. The van der Waals surface area contributed by atoms with Gasteiger partial charge >= 0.3 is 0 Å². The van der Waals surface area contributed by atoms with Crippen molar-refractivity contribution in [2.45, 2.75) is 27.7 Å². The lowest BCUT2D eigenvalue weighted by atomic mass is 10.1. The number of carbonyl (C=O) groups excluding carboxylic acids is 2. The second-order valence-corrected chi connectivity index (χ2v) is 8.60. The largest absolute Gasteiger partial charge is 0.336 e. The van der Waals surface area contributed by atoms with Crippen LogP contribution in [0.15, 0.2) is 24.3 Å². The third kappa shape index (κ3) is 4.23. The highest BCUT2D eigenvalue weighted by atomic mass is 16.2. The second-order valence-electron chi connectivity index (χ2n) is 8.60. The van der Waals surface area contributed by atoms with Gasteiger partial charge in [0.05, 0.1) is 23.2 Å². The van der Waals surface area contributed by atoms with Crippen molar-refractivity contribution in [3.63, 3.8) is 0 Å². The van der Waals surface area contributed by atoms with E-state index in [0.29, 0.717) is 38.3 Å². The Morgan fingerprint density at radius 1 is 1.03 bits per heavy atom. The first-order chi connectivity index (χ1) is 15.2. The minimum absolute atomic E-state index is 0.00348. The van der Waals surface area contributed by atoms with Crippen LogP contribution in [0.1, 0.15) is 32.9 Å². The minimum Gasteiger partial charge on any atom is -0.336 e. The topological polar surface area (TPSA) is 83.4 Å². The van der Waals surface area contributed by atoms with Gasteiger partial charge in [-0.25, -0.2) is 4.98 Å². The lowest BCUT2D eigenvalue weighted by Crippen LogP contribution is -2.50. The standard InChI is InChI=1S/C24H30N6O2/c1-15-7-6-8-16(2)22(15)26-20(31)14-29-9-11-30(12-10-29)24(32)19-13-17(3)25-23-21(19)18(4)27-28(23)5/h6-8,13H,9-12,14H2,1-5H3,(H,26,31). The first kappa shape index (κ1) is 22.0. The van der Waals surface area contributed by atoms with Crippen molar-refractivity contribution in [3.8, 4) is 0 Å². The average Bonchev–Trinajstić information content (AvgIpc) is 3.03. The first-order valence-electron chi connectivity index (χ1n) is 10.9. The Morgan fingerprint density at radius 3 is 2.34 bits per heavy atom. The molecule has 0 aliphatic carbocycles. The molecule has 2 aromatic heterocycles. The molecule has 32 heavy (non-hydrogen) atoms. The summed E-state index contributed by atoms with van der Waals surface area (Å²) in [6, 6.07) is 7.83. The number of pyridine rings is 1. The molecule has 0 radical (unpaired) electrons. The molecule has 8 nitrogen and oxygen atoms in total. The van der Waals surface area contributed by atoms with Gasteiger partial charge in [0.15, 0.2) is 5.65 Å². The first-order valence-corrected chi connectivity index (χ1v) is 10.9. The van der Waals surface area contributed by atoms with E-state index in [1.807, 2.05) is 63.9 Å². The van der Waals surface area contributed by atoms with Crippen LogP contribution < -0.4 is 5.32 Å². The highest BCUT2D eigenvalue weighted by Gasteiger charge is 2.26. The van der Waals surface area contributed by atoms with Crippen molar-refractivity contribution in [2.75, 3.05) is 38.0 Å². The van der Waals surface area contributed by atoms with Crippen molar-refractivity contribution in [1.82, 2.24) is 24.6 Å². The fourth-order valence-electron chi connectivity index (χ4n) is 4.41. The number of aromatic nitrogens is 3. The Kier molecular flexibility index (Phi) is 5.97. The number of aryl methyl sites for hydroxylation is 5. The van der Waals surface area contributed by atoms with Gasteiger partial charge < -0.3 is 10.2 Å². The molecule has 0 unspecified atom stereocenters. The lowest BCUT2D eigenvalue weighted by molar-refractivity contribution is -0.117. The van der Waals surface area contributed by atoms with Crippen LogP contribution in [0, 0.1) is 27.7 Å². The average molecular weight is 435 g/mol. The number of para-hydroxylation sites is 1. The third-order valence-corrected chi connectivity index (χ3v) is 6.10.